The van der Waals surface area contributed by atoms with Crippen LogP contribution in [0.15, 0.2) is 53.5 Å². The van der Waals surface area contributed by atoms with Crippen LogP contribution in [0.3, 0.4) is 0 Å². The van der Waals surface area contributed by atoms with Crippen molar-refractivity contribution < 1.29 is 14.3 Å². The number of nitrogens with two attached hydrogens (primary N) is 1. The SMILES string of the molecule is COCc1ccccc1NC(N)=NCCNC(=O)c1cccc(OC)c1.I. The van der Waals surface area contributed by atoms with Crippen LogP contribution in [-0.4, -0.2) is 39.2 Å². The van der Waals surface area contributed by atoms with Crippen molar-refractivity contribution in [3.8, 4) is 5.75 Å². The van der Waals surface area contributed by atoms with Crippen LogP contribution in [0.5, 0.6) is 5.75 Å². The van der Waals surface area contributed by atoms with Crippen LogP contribution < -0.4 is 21.1 Å². The molecule has 146 valence electrons. The maximum Gasteiger partial charge on any atom is 0.251 e. The molecule has 0 aliphatic carbocycles. The molecule has 0 bridgehead atoms. The zero-order chi connectivity index (χ0) is 18.8. The predicted molar refractivity (Wildman–Crippen MR) is 118 cm³/mol. The van der Waals surface area contributed by atoms with Gasteiger partial charge in [0.1, 0.15) is 5.75 Å². The molecule has 0 radical (unpaired) electrons. The molecule has 8 heteroatoms. The van der Waals surface area contributed by atoms with E-state index in [1.165, 1.54) is 0 Å². The highest BCUT2D eigenvalue weighted by molar-refractivity contribution is 14.0. The standard InChI is InChI=1S/C19H24N4O3.HI/c1-25-13-15-6-3-4-9-17(15)23-19(20)22-11-10-21-18(24)14-7-5-8-16(12-14)26-2;/h3-9,12H,10-11,13H2,1-2H3,(H,21,24)(H3,20,22,23);1H. The van der Waals surface area contributed by atoms with Gasteiger partial charge >= 0.3 is 0 Å². The van der Waals surface area contributed by atoms with Gasteiger partial charge in [-0.2, -0.15) is 0 Å². The fraction of sp³-hybridized carbons (Fsp3) is 0.263. The molecule has 0 saturated carbocycles. The lowest BCUT2D eigenvalue weighted by molar-refractivity contribution is 0.0954. The monoisotopic (exact) mass is 484 g/mol. The second kappa shape index (κ2) is 12.1. The van der Waals surface area contributed by atoms with E-state index in [1.807, 2.05) is 24.3 Å². The number of hydrogen-bond donors (Lipinski definition) is 3. The van der Waals surface area contributed by atoms with Crippen molar-refractivity contribution >= 4 is 41.5 Å². The summed E-state index contributed by atoms with van der Waals surface area (Å²) in [5.74, 6) is 0.735. The molecule has 0 heterocycles. The Balaban J connectivity index is 0.00000364. The molecule has 0 aliphatic rings. The summed E-state index contributed by atoms with van der Waals surface area (Å²) < 4.78 is 10.3. The lowest BCUT2D eigenvalue weighted by Gasteiger charge is -2.11. The number of amides is 1. The van der Waals surface area contributed by atoms with Crippen LogP contribution in [0, 0.1) is 0 Å². The van der Waals surface area contributed by atoms with E-state index < -0.39 is 0 Å². The number of carbonyl (C=O) groups excluding carboxylic acids is 1. The molecule has 0 unspecified atom stereocenters. The maximum atomic E-state index is 12.1. The average Bonchev–Trinajstić information content (AvgIpc) is 2.67. The molecule has 0 spiro atoms. The molecule has 0 atom stereocenters. The second-order valence-corrected chi connectivity index (χ2v) is 5.47. The highest BCUT2D eigenvalue weighted by atomic mass is 127. The Bertz CT molecular complexity index is 768. The molecule has 27 heavy (non-hydrogen) atoms. The molecule has 2 aromatic carbocycles. The fourth-order valence-corrected chi connectivity index (χ4v) is 2.31. The second-order valence-electron chi connectivity index (χ2n) is 5.47. The molecule has 2 rings (SSSR count). The summed E-state index contributed by atoms with van der Waals surface area (Å²) in [4.78, 5) is 16.3. The van der Waals surface area contributed by atoms with Gasteiger partial charge in [0.2, 0.25) is 0 Å². The molecule has 0 aromatic heterocycles. The number of rotatable bonds is 8. The number of halogens is 1. The van der Waals surface area contributed by atoms with Gasteiger partial charge in [-0.1, -0.05) is 24.3 Å². The Hall–Kier alpha value is -2.33. The minimum absolute atomic E-state index is 0. The minimum Gasteiger partial charge on any atom is -0.497 e. The van der Waals surface area contributed by atoms with Crippen LogP contribution >= 0.6 is 24.0 Å². The Morgan fingerprint density at radius 2 is 1.93 bits per heavy atom. The number of guanidine groups is 1. The zero-order valence-corrected chi connectivity index (χ0v) is 17.7. The molecule has 0 aliphatic heterocycles. The van der Waals surface area contributed by atoms with Gasteiger partial charge in [0.05, 0.1) is 20.3 Å². The molecule has 2 aromatic rings. The van der Waals surface area contributed by atoms with E-state index in [-0.39, 0.29) is 35.8 Å². The highest BCUT2D eigenvalue weighted by Crippen LogP contribution is 2.15. The first-order valence-electron chi connectivity index (χ1n) is 8.20. The van der Waals surface area contributed by atoms with Crippen molar-refractivity contribution in [2.75, 3.05) is 32.6 Å². The first-order chi connectivity index (χ1) is 12.6. The third-order valence-corrected chi connectivity index (χ3v) is 3.59. The number of methoxy groups -OCH3 is 2. The number of benzene rings is 2. The van der Waals surface area contributed by atoms with E-state index >= 15 is 0 Å². The Morgan fingerprint density at radius 3 is 2.67 bits per heavy atom. The third-order valence-electron chi connectivity index (χ3n) is 3.59. The summed E-state index contributed by atoms with van der Waals surface area (Å²) in [5, 5.41) is 5.84. The summed E-state index contributed by atoms with van der Waals surface area (Å²) >= 11 is 0. The van der Waals surface area contributed by atoms with Crippen LogP contribution in [-0.2, 0) is 11.3 Å². The molecular weight excluding hydrogens is 459 g/mol. The molecule has 0 fully saturated rings. The van der Waals surface area contributed by atoms with E-state index in [0.717, 1.165) is 11.3 Å². The molecular formula is C19H25IN4O3. The number of aliphatic imine (C=N–C) groups is 1. The van der Waals surface area contributed by atoms with E-state index in [2.05, 4.69) is 15.6 Å². The number of nitrogens with zero attached hydrogens (tertiary/aromatic N) is 1. The van der Waals surface area contributed by atoms with Crippen molar-refractivity contribution in [3.05, 3.63) is 59.7 Å². The van der Waals surface area contributed by atoms with Crippen molar-refractivity contribution in [2.45, 2.75) is 6.61 Å². The summed E-state index contributed by atoms with van der Waals surface area (Å²) in [6, 6.07) is 14.7. The first-order valence-corrected chi connectivity index (χ1v) is 8.20. The van der Waals surface area contributed by atoms with Crippen LogP contribution in [0.2, 0.25) is 0 Å². The molecule has 4 N–H and O–H groups in total. The number of nitrogens with one attached hydrogen (secondary N) is 2. The minimum atomic E-state index is -0.184. The van der Waals surface area contributed by atoms with Gasteiger partial charge in [-0.05, 0) is 24.3 Å². The Labute approximate surface area is 176 Å². The highest BCUT2D eigenvalue weighted by Gasteiger charge is 2.06. The Morgan fingerprint density at radius 1 is 1.15 bits per heavy atom. The summed E-state index contributed by atoms with van der Waals surface area (Å²) in [7, 11) is 3.20. The average molecular weight is 484 g/mol. The maximum absolute atomic E-state index is 12.1. The molecule has 7 nitrogen and oxygen atoms in total. The van der Waals surface area contributed by atoms with Crippen LogP contribution in [0.1, 0.15) is 15.9 Å². The van der Waals surface area contributed by atoms with Gasteiger partial charge in [-0.25, -0.2) is 0 Å². The summed E-state index contributed by atoms with van der Waals surface area (Å²) in [6.45, 7) is 1.21. The zero-order valence-electron chi connectivity index (χ0n) is 15.4. The van der Waals surface area contributed by atoms with Crippen LogP contribution in [0.25, 0.3) is 0 Å². The molecule has 1 amide bonds. The number of para-hydroxylation sites is 1. The quantitative estimate of drug-likeness (QED) is 0.232. The lowest BCUT2D eigenvalue weighted by Crippen LogP contribution is -2.28. The third kappa shape index (κ3) is 7.43. The summed E-state index contributed by atoms with van der Waals surface area (Å²) in [6.07, 6.45) is 0. The van der Waals surface area contributed by atoms with E-state index in [9.17, 15) is 4.79 Å². The lowest BCUT2D eigenvalue weighted by atomic mass is 10.2. The van der Waals surface area contributed by atoms with E-state index in [1.54, 1.807) is 38.5 Å². The van der Waals surface area contributed by atoms with E-state index in [0.29, 0.717) is 31.0 Å². The van der Waals surface area contributed by atoms with Gasteiger partial charge in [0, 0.05) is 30.5 Å². The van der Waals surface area contributed by atoms with Gasteiger partial charge in [-0.15, -0.1) is 24.0 Å². The predicted octanol–water partition coefficient (Wildman–Crippen LogP) is 2.62. The van der Waals surface area contributed by atoms with Crippen molar-refractivity contribution in [3.63, 3.8) is 0 Å². The number of carbonyl (C=O) groups is 1. The number of ether oxygens (including phenoxy) is 2. The van der Waals surface area contributed by atoms with Gasteiger partial charge < -0.3 is 25.8 Å². The topological polar surface area (TPSA) is 98.0 Å². The molecule has 0 saturated heterocycles. The first kappa shape index (κ1) is 22.7. The van der Waals surface area contributed by atoms with Gasteiger partial charge in [-0.3, -0.25) is 9.79 Å². The normalized spacial score (nSPS) is 10.7. The number of anilines is 1. The van der Waals surface area contributed by atoms with E-state index in [4.69, 9.17) is 15.2 Å². The van der Waals surface area contributed by atoms with Crippen LogP contribution in [0.4, 0.5) is 5.69 Å². The smallest absolute Gasteiger partial charge is 0.251 e. The number of hydrogen-bond acceptors (Lipinski definition) is 4. The Kier molecular flexibility index (Phi) is 10.2. The van der Waals surface area contributed by atoms with Crippen molar-refractivity contribution in [2.24, 2.45) is 10.7 Å². The van der Waals surface area contributed by atoms with Gasteiger partial charge in [0.15, 0.2) is 5.96 Å². The summed E-state index contributed by atoms with van der Waals surface area (Å²) in [5.41, 5.74) is 8.27. The van der Waals surface area contributed by atoms with Crippen molar-refractivity contribution in [1.29, 1.82) is 0 Å². The van der Waals surface area contributed by atoms with Gasteiger partial charge in [0.25, 0.3) is 5.91 Å². The largest absolute Gasteiger partial charge is 0.497 e. The van der Waals surface area contributed by atoms with Crippen molar-refractivity contribution in [1.82, 2.24) is 5.32 Å². The fourth-order valence-electron chi connectivity index (χ4n) is 2.31.